The lowest BCUT2D eigenvalue weighted by molar-refractivity contribution is -0.131. The molecule has 0 saturated heterocycles. The first-order valence-electron chi connectivity index (χ1n) is 4.58. The number of carbonyl (C=O) groups excluding carboxylic acids is 1. The van der Waals surface area contributed by atoms with E-state index in [0.717, 1.165) is 10.2 Å². The van der Waals surface area contributed by atoms with E-state index in [-0.39, 0.29) is 0 Å². The summed E-state index contributed by atoms with van der Waals surface area (Å²) < 4.78 is 0.976. The summed E-state index contributed by atoms with van der Waals surface area (Å²) in [5.41, 5.74) is 7.73. The Kier molecular flexibility index (Phi) is 2.86. The molecule has 2 atom stereocenters. The van der Waals surface area contributed by atoms with Gasteiger partial charge < -0.3 is 15.9 Å². The monoisotopic (exact) mass is 238 g/mol. The van der Waals surface area contributed by atoms with Crippen LogP contribution in [0.2, 0.25) is 0 Å². The highest BCUT2D eigenvalue weighted by Gasteiger charge is 2.23. The van der Waals surface area contributed by atoms with Gasteiger partial charge in [-0.25, -0.2) is 4.98 Å². The first kappa shape index (κ1) is 11.0. The molecule has 1 aromatic carbocycles. The predicted octanol–water partition coefficient (Wildman–Crippen LogP) is 0.176. The Balaban J connectivity index is 2.35. The Bertz CT molecular complexity index is 526. The van der Waals surface area contributed by atoms with Crippen molar-refractivity contribution in [2.45, 2.75) is 12.2 Å². The maximum Gasteiger partial charge on any atom is 0.249 e. The molecule has 1 amide bonds. The molecule has 0 fully saturated rings. The maximum atomic E-state index is 10.7. The number of aliphatic hydroxyl groups is 2. The van der Waals surface area contributed by atoms with Crippen molar-refractivity contribution in [3.63, 3.8) is 0 Å². The van der Waals surface area contributed by atoms with Crippen molar-refractivity contribution in [3.8, 4) is 0 Å². The van der Waals surface area contributed by atoms with Crippen LogP contribution in [0, 0.1) is 0 Å². The summed E-state index contributed by atoms with van der Waals surface area (Å²) >= 11 is 1.48. The SMILES string of the molecule is NC(=O)C(O)C(O)c1ccc2scnc2c1. The van der Waals surface area contributed by atoms with Crippen LogP contribution in [0.5, 0.6) is 0 Å². The van der Waals surface area contributed by atoms with E-state index in [1.807, 2.05) is 0 Å². The minimum Gasteiger partial charge on any atom is -0.385 e. The molecule has 0 aliphatic heterocycles. The van der Waals surface area contributed by atoms with E-state index in [0.29, 0.717) is 5.56 Å². The van der Waals surface area contributed by atoms with Crippen LogP contribution in [0.4, 0.5) is 0 Å². The second kappa shape index (κ2) is 4.17. The van der Waals surface area contributed by atoms with Gasteiger partial charge in [-0.3, -0.25) is 4.79 Å². The van der Waals surface area contributed by atoms with Crippen molar-refractivity contribution < 1.29 is 15.0 Å². The number of hydrogen-bond donors (Lipinski definition) is 3. The van der Waals surface area contributed by atoms with Crippen molar-refractivity contribution in [2.24, 2.45) is 5.73 Å². The molecule has 0 saturated carbocycles. The minimum atomic E-state index is -1.60. The Labute approximate surface area is 95.2 Å². The molecule has 2 rings (SSSR count). The van der Waals surface area contributed by atoms with Crippen molar-refractivity contribution in [2.75, 3.05) is 0 Å². The molecule has 0 radical (unpaired) electrons. The number of aliphatic hydroxyl groups excluding tert-OH is 2. The number of hydrogen-bond acceptors (Lipinski definition) is 5. The number of nitrogens with zero attached hydrogens (tertiary/aromatic N) is 1. The largest absolute Gasteiger partial charge is 0.385 e. The fourth-order valence-electron chi connectivity index (χ4n) is 1.40. The van der Waals surface area contributed by atoms with E-state index in [4.69, 9.17) is 5.73 Å². The second-order valence-corrected chi connectivity index (χ2v) is 4.26. The fourth-order valence-corrected chi connectivity index (χ4v) is 2.06. The van der Waals surface area contributed by atoms with Gasteiger partial charge in [0.15, 0.2) is 6.10 Å². The van der Waals surface area contributed by atoms with E-state index in [2.05, 4.69) is 4.98 Å². The molecule has 1 heterocycles. The first-order chi connectivity index (χ1) is 7.59. The number of primary amides is 1. The standard InChI is InChI=1S/C10H10N2O3S/c11-10(15)9(14)8(13)5-1-2-7-6(3-5)12-4-16-7/h1-4,8-9,13-14H,(H2,11,15). The number of nitrogens with two attached hydrogens (primary N) is 1. The summed E-state index contributed by atoms with van der Waals surface area (Å²) in [5, 5.41) is 19.0. The molecule has 16 heavy (non-hydrogen) atoms. The summed E-state index contributed by atoms with van der Waals surface area (Å²) in [6.45, 7) is 0. The molecule has 2 unspecified atom stereocenters. The molecule has 0 aliphatic rings. The van der Waals surface area contributed by atoms with Crippen LogP contribution in [0.15, 0.2) is 23.7 Å². The number of thiazole rings is 1. The van der Waals surface area contributed by atoms with Crippen LogP contribution in [0.3, 0.4) is 0 Å². The summed E-state index contributed by atoms with van der Waals surface area (Å²) in [7, 11) is 0. The number of rotatable bonds is 3. The summed E-state index contributed by atoms with van der Waals surface area (Å²) in [6.07, 6.45) is -2.92. The fraction of sp³-hybridized carbons (Fsp3) is 0.200. The molecule has 0 aliphatic carbocycles. The molecular formula is C10H10N2O3S. The minimum absolute atomic E-state index is 0.421. The van der Waals surface area contributed by atoms with Gasteiger partial charge in [-0.15, -0.1) is 11.3 Å². The zero-order valence-corrected chi connectivity index (χ0v) is 9.02. The van der Waals surface area contributed by atoms with Crippen molar-refractivity contribution >= 4 is 27.5 Å². The number of carbonyl (C=O) groups is 1. The molecule has 6 heteroatoms. The Morgan fingerprint density at radius 2 is 2.19 bits per heavy atom. The second-order valence-electron chi connectivity index (χ2n) is 3.37. The molecule has 5 nitrogen and oxygen atoms in total. The Morgan fingerprint density at radius 1 is 1.44 bits per heavy atom. The molecular weight excluding hydrogens is 228 g/mol. The molecule has 4 N–H and O–H groups in total. The van der Waals surface area contributed by atoms with Crippen molar-refractivity contribution in [1.82, 2.24) is 4.98 Å². The van der Waals surface area contributed by atoms with Crippen LogP contribution in [0.25, 0.3) is 10.2 Å². The van der Waals surface area contributed by atoms with Crippen LogP contribution in [-0.4, -0.2) is 27.2 Å². The van der Waals surface area contributed by atoms with Gasteiger partial charge in [-0.1, -0.05) is 6.07 Å². The maximum absolute atomic E-state index is 10.7. The normalized spacial score (nSPS) is 14.9. The van der Waals surface area contributed by atoms with E-state index in [1.165, 1.54) is 11.3 Å². The van der Waals surface area contributed by atoms with Crippen LogP contribution in [0.1, 0.15) is 11.7 Å². The molecule has 84 valence electrons. The van der Waals surface area contributed by atoms with Gasteiger partial charge in [-0.2, -0.15) is 0 Å². The summed E-state index contributed by atoms with van der Waals surface area (Å²) in [4.78, 5) is 14.8. The topological polar surface area (TPSA) is 96.4 Å². The third-order valence-electron chi connectivity index (χ3n) is 2.29. The number of aromatic nitrogens is 1. The van der Waals surface area contributed by atoms with E-state index >= 15 is 0 Å². The lowest BCUT2D eigenvalue weighted by atomic mass is 10.0. The quantitative estimate of drug-likeness (QED) is 0.710. The van der Waals surface area contributed by atoms with Gasteiger partial charge in [0.1, 0.15) is 6.10 Å². The van der Waals surface area contributed by atoms with Gasteiger partial charge in [0, 0.05) is 0 Å². The van der Waals surface area contributed by atoms with Gasteiger partial charge in [0.05, 0.1) is 15.7 Å². The van der Waals surface area contributed by atoms with E-state index in [1.54, 1.807) is 23.7 Å². The van der Waals surface area contributed by atoms with Crippen LogP contribution < -0.4 is 5.73 Å². The Morgan fingerprint density at radius 3 is 2.88 bits per heavy atom. The van der Waals surface area contributed by atoms with Gasteiger partial charge >= 0.3 is 0 Å². The number of benzene rings is 1. The van der Waals surface area contributed by atoms with Gasteiger partial charge in [0.25, 0.3) is 0 Å². The van der Waals surface area contributed by atoms with Crippen molar-refractivity contribution in [3.05, 3.63) is 29.3 Å². The smallest absolute Gasteiger partial charge is 0.249 e. The lowest BCUT2D eigenvalue weighted by Gasteiger charge is -2.14. The van der Waals surface area contributed by atoms with Crippen molar-refractivity contribution in [1.29, 1.82) is 0 Å². The number of amides is 1. The number of fused-ring (bicyclic) bond motifs is 1. The zero-order chi connectivity index (χ0) is 11.7. The molecule has 0 bridgehead atoms. The Hall–Kier alpha value is -1.50. The van der Waals surface area contributed by atoms with E-state index < -0.39 is 18.1 Å². The van der Waals surface area contributed by atoms with Gasteiger partial charge in [-0.05, 0) is 17.7 Å². The molecule has 2 aromatic rings. The van der Waals surface area contributed by atoms with Gasteiger partial charge in [0.2, 0.25) is 5.91 Å². The highest BCUT2D eigenvalue weighted by Crippen LogP contribution is 2.24. The summed E-state index contributed by atoms with van der Waals surface area (Å²) in [6, 6.07) is 5.04. The predicted molar refractivity (Wildman–Crippen MR) is 59.8 cm³/mol. The molecule has 1 aromatic heterocycles. The first-order valence-corrected chi connectivity index (χ1v) is 5.46. The van der Waals surface area contributed by atoms with E-state index in [9.17, 15) is 15.0 Å². The van der Waals surface area contributed by atoms with Crippen LogP contribution >= 0.6 is 11.3 Å². The summed E-state index contributed by atoms with van der Waals surface area (Å²) in [5.74, 6) is -0.953. The third-order valence-corrected chi connectivity index (χ3v) is 3.10. The average Bonchev–Trinajstić information content (AvgIpc) is 2.73. The molecule has 0 spiro atoms. The highest BCUT2D eigenvalue weighted by atomic mass is 32.1. The lowest BCUT2D eigenvalue weighted by Crippen LogP contribution is -2.33. The zero-order valence-electron chi connectivity index (χ0n) is 8.20. The highest BCUT2D eigenvalue weighted by molar-refractivity contribution is 7.16. The average molecular weight is 238 g/mol. The van der Waals surface area contributed by atoms with Crippen LogP contribution in [-0.2, 0) is 4.79 Å². The third kappa shape index (κ3) is 1.90.